The van der Waals surface area contributed by atoms with Crippen molar-refractivity contribution in [2.45, 2.75) is 6.54 Å². The van der Waals surface area contributed by atoms with Gasteiger partial charge in [0.2, 0.25) is 0 Å². The van der Waals surface area contributed by atoms with Crippen molar-refractivity contribution >= 4 is 40.3 Å². The fraction of sp³-hybridized carbons (Fsp3) is 0.0909. The Morgan fingerprint density at radius 3 is 2.82 bits per heavy atom. The van der Waals surface area contributed by atoms with Gasteiger partial charge in [-0.15, -0.1) is 11.3 Å². The first-order valence-corrected chi connectivity index (χ1v) is 6.33. The molecule has 0 saturated heterocycles. The molecular formula is C11H7Cl2NO2S. The van der Waals surface area contributed by atoms with Crippen molar-refractivity contribution in [1.29, 1.82) is 0 Å². The Balaban J connectivity index is 2.31. The Kier molecular flexibility index (Phi) is 3.66. The van der Waals surface area contributed by atoms with E-state index in [4.69, 9.17) is 23.2 Å². The van der Waals surface area contributed by atoms with Crippen LogP contribution in [0.15, 0.2) is 34.6 Å². The molecule has 2 aromatic heterocycles. The van der Waals surface area contributed by atoms with E-state index in [2.05, 4.69) is 0 Å². The highest BCUT2D eigenvalue weighted by Crippen LogP contribution is 2.13. The molecule has 2 rings (SSSR count). The topological polar surface area (TPSA) is 39.1 Å². The number of Topliss-reactive ketones (excluding diaryl/α,β-unsaturated/α-hetero) is 1. The molecule has 0 aliphatic heterocycles. The molecular weight excluding hydrogens is 281 g/mol. The second kappa shape index (κ2) is 5.04. The van der Waals surface area contributed by atoms with E-state index in [1.165, 1.54) is 28.2 Å². The highest BCUT2D eigenvalue weighted by Gasteiger charge is 2.10. The largest absolute Gasteiger partial charge is 0.305 e. The maximum absolute atomic E-state index is 11.8. The molecule has 0 N–H and O–H groups in total. The van der Waals surface area contributed by atoms with Crippen LogP contribution in [0.2, 0.25) is 10.0 Å². The molecule has 0 saturated carbocycles. The Bertz CT molecular complexity index is 604. The number of hydrogen-bond acceptors (Lipinski definition) is 3. The lowest BCUT2D eigenvalue weighted by Gasteiger charge is -2.05. The minimum atomic E-state index is -0.416. The molecule has 2 heterocycles. The fourth-order valence-corrected chi connectivity index (χ4v) is 2.52. The van der Waals surface area contributed by atoms with Crippen molar-refractivity contribution in [2.24, 2.45) is 0 Å². The Morgan fingerprint density at radius 1 is 1.41 bits per heavy atom. The number of hydrogen-bond donors (Lipinski definition) is 0. The van der Waals surface area contributed by atoms with Crippen LogP contribution in [0.5, 0.6) is 0 Å². The number of carbonyl (C=O) groups is 1. The molecule has 0 aromatic carbocycles. The van der Waals surface area contributed by atoms with Gasteiger partial charge < -0.3 is 4.57 Å². The van der Waals surface area contributed by atoms with E-state index in [0.29, 0.717) is 9.90 Å². The monoisotopic (exact) mass is 287 g/mol. The molecule has 0 spiro atoms. The first kappa shape index (κ1) is 12.4. The SMILES string of the molecule is O=C(Cn1cc(Cl)cc(Cl)c1=O)c1cccs1. The van der Waals surface area contributed by atoms with Crippen LogP contribution >= 0.6 is 34.5 Å². The summed E-state index contributed by atoms with van der Waals surface area (Å²) < 4.78 is 1.22. The van der Waals surface area contributed by atoms with E-state index in [0.717, 1.165) is 0 Å². The van der Waals surface area contributed by atoms with E-state index >= 15 is 0 Å². The van der Waals surface area contributed by atoms with Gasteiger partial charge in [-0.25, -0.2) is 0 Å². The van der Waals surface area contributed by atoms with Gasteiger partial charge in [0.1, 0.15) is 5.02 Å². The third-order valence-electron chi connectivity index (χ3n) is 2.12. The van der Waals surface area contributed by atoms with Gasteiger partial charge in [0.15, 0.2) is 5.78 Å². The summed E-state index contributed by atoms with van der Waals surface area (Å²) >= 11 is 12.8. The van der Waals surface area contributed by atoms with Crippen LogP contribution in [0.25, 0.3) is 0 Å². The summed E-state index contributed by atoms with van der Waals surface area (Å²) in [5, 5.41) is 2.14. The van der Waals surface area contributed by atoms with Crippen LogP contribution in [0.3, 0.4) is 0 Å². The second-order valence-corrected chi connectivity index (χ2v) is 5.13. The number of halogens is 2. The summed E-state index contributed by atoms with van der Waals surface area (Å²) in [5.41, 5.74) is -0.416. The van der Waals surface area contributed by atoms with Gasteiger partial charge in [0.25, 0.3) is 5.56 Å². The maximum Gasteiger partial charge on any atom is 0.269 e. The van der Waals surface area contributed by atoms with Crippen molar-refractivity contribution in [3.8, 4) is 0 Å². The van der Waals surface area contributed by atoms with Gasteiger partial charge in [-0.1, -0.05) is 29.3 Å². The molecule has 0 aliphatic rings. The van der Waals surface area contributed by atoms with Crippen LogP contribution in [0.4, 0.5) is 0 Å². The smallest absolute Gasteiger partial charge is 0.269 e. The van der Waals surface area contributed by atoms with Gasteiger partial charge in [-0.3, -0.25) is 9.59 Å². The minimum Gasteiger partial charge on any atom is -0.305 e. The van der Waals surface area contributed by atoms with Gasteiger partial charge in [-0.2, -0.15) is 0 Å². The summed E-state index contributed by atoms with van der Waals surface area (Å²) in [7, 11) is 0. The molecule has 0 atom stereocenters. The number of nitrogens with zero attached hydrogens (tertiary/aromatic N) is 1. The van der Waals surface area contributed by atoms with Crippen molar-refractivity contribution in [3.05, 3.63) is 55.1 Å². The van der Waals surface area contributed by atoms with Gasteiger partial charge >= 0.3 is 0 Å². The molecule has 6 heteroatoms. The van der Waals surface area contributed by atoms with Crippen LogP contribution in [0.1, 0.15) is 9.67 Å². The minimum absolute atomic E-state index is 0.0106. The Morgan fingerprint density at radius 2 is 2.18 bits per heavy atom. The van der Waals surface area contributed by atoms with Crippen molar-refractivity contribution in [2.75, 3.05) is 0 Å². The van der Waals surface area contributed by atoms with Crippen molar-refractivity contribution in [1.82, 2.24) is 4.57 Å². The van der Waals surface area contributed by atoms with Crippen LogP contribution in [-0.2, 0) is 6.54 Å². The summed E-state index contributed by atoms with van der Waals surface area (Å²) in [6.07, 6.45) is 1.40. The third-order valence-corrected chi connectivity index (χ3v) is 3.51. The molecule has 0 unspecified atom stereocenters. The number of thiophene rings is 1. The van der Waals surface area contributed by atoms with Crippen molar-refractivity contribution < 1.29 is 4.79 Å². The molecule has 0 amide bonds. The first-order valence-electron chi connectivity index (χ1n) is 4.70. The van der Waals surface area contributed by atoms with E-state index in [9.17, 15) is 9.59 Å². The average molecular weight is 288 g/mol. The predicted octanol–water partition coefficient (Wildman–Crippen LogP) is 3.10. The highest BCUT2D eigenvalue weighted by atomic mass is 35.5. The van der Waals surface area contributed by atoms with E-state index < -0.39 is 5.56 Å². The van der Waals surface area contributed by atoms with E-state index in [-0.39, 0.29) is 17.4 Å². The van der Waals surface area contributed by atoms with Crippen LogP contribution in [-0.4, -0.2) is 10.4 Å². The molecule has 0 radical (unpaired) electrons. The lowest BCUT2D eigenvalue weighted by atomic mass is 10.3. The second-order valence-electron chi connectivity index (χ2n) is 3.34. The highest BCUT2D eigenvalue weighted by molar-refractivity contribution is 7.12. The predicted molar refractivity (Wildman–Crippen MR) is 69.4 cm³/mol. The lowest BCUT2D eigenvalue weighted by molar-refractivity contribution is 0.0975. The van der Waals surface area contributed by atoms with Gasteiger partial charge in [0.05, 0.1) is 16.4 Å². The van der Waals surface area contributed by atoms with Crippen LogP contribution in [0, 0.1) is 0 Å². The zero-order valence-electron chi connectivity index (χ0n) is 8.52. The zero-order valence-corrected chi connectivity index (χ0v) is 10.9. The first-order chi connectivity index (χ1) is 8.08. The molecule has 3 nitrogen and oxygen atoms in total. The number of carbonyl (C=O) groups excluding carboxylic acids is 1. The summed E-state index contributed by atoms with van der Waals surface area (Å²) in [5.74, 6) is -0.138. The lowest BCUT2D eigenvalue weighted by Crippen LogP contribution is -2.23. The summed E-state index contributed by atoms with van der Waals surface area (Å²) in [4.78, 5) is 24.1. The fourth-order valence-electron chi connectivity index (χ4n) is 1.35. The quantitative estimate of drug-likeness (QED) is 0.814. The zero-order chi connectivity index (χ0) is 12.4. The normalized spacial score (nSPS) is 10.5. The number of pyridine rings is 1. The Labute approximate surface area is 111 Å². The summed E-state index contributed by atoms with van der Waals surface area (Å²) in [6, 6.07) is 4.85. The molecule has 17 heavy (non-hydrogen) atoms. The van der Waals surface area contributed by atoms with E-state index in [1.54, 1.807) is 17.5 Å². The molecule has 0 fully saturated rings. The molecule has 0 aliphatic carbocycles. The van der Waals surface area contributed by atoms with Crippen LogP contribution < -0.4 is 5.56 Å². The number of rotatable bonds is 3. The number of ketones is 1. The molecule has 0 bridgehead atoms. The maximum atomic E-state index is 11.8. The van der Waals surface area contributed by atoms with Crippen molar-refractivity contribution in [3.63, 3.8) is 0 Å². The standard InChI is InChI=1S/C11H7Cl2NO2S/c12-7-4-8(13)11(16)14(5-7)6-9(15)10-2-1-3-17-10/h1-5H,6H2. The van der Waals surface area contributed by atoms with Gasteiger partial charge in [0, 0.05) is 6.20 Å². The van der Waals surface area contributed by atoms with Gasteiger partial charge in [-0.05, 0) is 17.5 Å². The summed E-state index contributed by atoms with van der Waals surface area (Å²) in [6.45, 7) is -0.0559. The average Bonchev–Trinajstić information content (AvgIpc) is 2.78. The Hall–Kier alpha value is -1.10. The third kappa shape index (κ3) is 2.77. The molecule has 2 aromatic rings. The molecule has 88 valence electrons. The number of aromatic nitrogens is 1. The van der Waals surface area contributed by atoms with E-state index in [1.807, 2.05) is 0 Å².